The van der Waals surface area contributed by atoms with E-state index in [0.29, 0.717) is 11.8 Å². The minimum Gasteiger partial charge on any atom is -0.373 e. The molecule has 0 aliphatic heterocycles. The highest BCUT2D eigenvalue weighted by atomic mass is 15.1. The Morgan fingerprint density at radius 1 is 1.47 bits per heavy atom. The van der Waals surface area contributed by atoms with Gasteiger partial charge in [0.2, 0.25) is 0 Å². The molecule has 0 bridgehead atoms. The molecule has 0 spiro atoms. The van der Waals surface area contributed by atoms with Crippen molar-refractivity contribution in [2.75, 3.05) is 25.0 Å². The number of aromatic nitrogens is 1. The average Bonchev–Trinajstić information content (AvgIpc) is 2.26. The second kappa shape index (κ2) is 5.71. The third kappa shape index (κ3) is 3.51. The molecule has 1 heterocycles. The van der Waals surface area contributed by atoms with E-state index in [0.717, 1.165) is 18.8 Å². The Labute approximate surface area is 92.3 Å². The predicted octanol–water partition coefficient (Wildman–Crippen LogP) is 1.75. The molecule has 3 nitrogen and oxygen atoms in total. The molecular weight excluding hydrogens is 186 g/mol. The van der Waals surface area contributed by atoms with Gasteiger partial charge >= 0.3 is 0 Å². The fraction of sp³-hybridized carbons (Fsp3) is 0.583. The van der Waals surface area contributed by atoms with Gasteiger partial charge in [-0.2, -0.15) is 0 Å². The molecule has 15 heavy (non-hydrogen) atoms. The van der Waals surface area contributed by atoms with Crippen molar-refractivity contribution in [2.24, 2.45) is 17.6 Å². The van der Waals surface area contributed by atoms with Crippen LogP contribution < -0.4 is 10.6 Å². The molecule has 0 saturated carbocycles. The van der Waals surface area contributed by atoms with Crippen LogP contribution in [-0.2, 0) is 0 Å². The quantitative estimate of drug-likeness (QED) is 0.800. The van der Waals surface area contributed by atoms with Crippen LogP contribution in [0.15, 0.2) is 24.5 Å². The second-order valence-electron chi connectivity index (χ2n) is 4.33. The zero-order valence-corrected chi connectivity index (χ0v) is 9.85. The Bertz CT molecular complexity index is 271. The van der Waals surface area contributed by atoms with E-state index in [2.05, 4.69) is 36.8 Å². The van der Waals surface area contributed by atoms with Gasteiger partial charge in [0.1, 0.15) is 0 Å². The maximum atomic E-state index is 5.76. The molecule has 1 aromatic rings. The number of rotatable bonds is 5. The Morgan fingerprint density at radius 2 is 2.20 bits per heavy atom. The summed E-state index contributed by atoms with van der Waals surface area (Å²) >= 11 is 0. The van der Waals surface area contributed by atoms with Gasteiger partial charge in [-0.3, -0.25) is 4.98 Å². The summed E-state index contributed by atoms with van der Waals surface area (Å²) < 4.78 is 0. The molecule has 0 saturated heterocycles. The lowest BCUT2D eigenvalue weighted by atomic mass is 9.95. The SMILES string of the molecule is CC(C)C(CN)CN(C)c1cccnc1. The van der Waals surface area contributed by atoms with Gasteiger partial charge in [0.25, 0.3) is 0 Å². The molecule has 0 amide bonds. The summed E-state index contributed by atoms with van der Waals surface area (Å²) in [4.78, 5) is 6.32. The van der Waals surface area contributed by atoms with Crippen molar-refractivity contribution in [2.45, 2.75) is 13.8 Å². The first-order valence-corrected chi connectivity index (χ1v) is 5.46. The number of nitrogens with two attached hydrogens (primary N) is 1. The Hall–Kier alpha value is -1.09. The lowest BCUT2D eigenvalue weighted by molar-refractivity contribution is 0.398. The molecule has 0 fully saturated rings. The first-order valence-electron chi connectivity index (χ1n) is 5.46. The summed E-state index contributed by atoms with van der Waals surface area (Å²) in [5, 5.41) is 0. The van der Waals surface area contributed by atoms with Gasteiger partial charge in [0.15, 0.2) is 0 Å². The Morgan fingerprint density at radius 3 is 2.67 bits per heavy atom. The number of nitrogens with zero attached hydrogens (tertiary/aromatic N) is 2. The fourth-order valence-corrected chi connectivity index (χ4v) is 1.59. The molecule has 1 rings (SSSR count). The van der Waals surface area contributed by atoms with Gasteiger partial charge in [-0.1, -0.05) is 13.8 Å². The van der Waals surface area contributed by atoms with Crippen molar-refractivity contribution < 1.29 is 0 Å². The molecular formula is C12H21N3. The van der Waals surface area contributed by atoms with E-state index in [4.69, 9.17) is 5.73 Å². The van der Waals surface area contributed by atoms with E-state index in [1.807, 2.05) is 12.3 Å². The number of anilines is 1. The summed E-state index contributed by atoms with van der Waals surface area (Å²) in [5.74, 6) is 1.16. The highest BCUT2D eigenvalue weighted by Crippen LogP contribution is 2.15. The normalized spacial score (nSPS) is 12.9. The molecule has 84 valence electrons. The van der Waals surface area contributed by atoms with E-state index >= 15 is 0 Å². The molecule has 0 aliphatic rings. The lowest BCUT2D eigenvalue weighted by Crippen LogP contribution is -2.33. The van der Waals surface area contributed by atoms with Crippen molar-refractivity contribution in [3.63, 3.8) is 0 Å². The van der Waals surface area contributed by atoms with E-state index < -0.39 is 0 Å². The number of hydrogen-bond acceptors (Lipinski definition) is 3. The van der Waals surface area contributed by atoms with Crippen LogP contribution in [0.4, 0.5) is 5.69 Å². The maximum Gasteiger partial charge on any atom is 0.0550 e. The Balaban J connectivity index is 2.58. The summed E-state index contributed by atoms with van der Waals surface area (Å²) in [5.41, 5.74) is 6.91. The van der Waals surface area contributed by atoms with Crippen molar-refractivity contribution in [3.05, 3.63) is 24.5 Å². The molecule has 1 atom stereocenters. The molecule has 2 N–H and O–H groups in total. The van der Waals surface area contributed by atoms with Crippen LogP contribution in [0.1, 0.15) is 13.8 Å². The highest BCUT2D eigenvalue weighted by molar-refractivity contribution is 5.42. The zero-order chi connectivity index (χ0) is 11.3. The standard InChI is InChI=1S/C12H21N3/c1-10(2)11(7-13)9-15(3)12-5-4-6-14-8-12/h4-6,8,10-11H,7,9,13H2,1-3H3. The van der Waals surface area contributed by atoms with Gasteiger partial charge in [0, 0.05) is 19.8 Å². The second-order valence-corrected chi connectivity index (χ2v) is 4.33. The number of hydrogen-bond donors (Lipinski definition) is 1. The zero-order valence-electron chi connectivity index (χ0n) is 9.85. The van der Waals surface area contributed by atoms with Crippen LogP contribution in [0, 0.1) is 11.8 Å². The van der Waals surface area contributed by atoms with Gasteiger partial charge in [-0.25, -0.2) is 0 Å². The molecule has 1 unspecified atom stereocenters. The van der Waals surface area contributed by atoms with Crippen LogP contribution >= 0.6 is 0 Å². The first-order chi connectivity index (χ1) is 7.15. The van der Waals surface area contributed by atoms with E-state index in [-0.39, 0.29) is 0 Å². The lowest BCUT2D eigenvalue weighted by Gasteiger charge is -2.27. The average molecular weight is 207 g/mol. The first kappa shape index (κ1) is 12.0. The van der Waals surface area contributed by atoms with Crippen molar-refractivity contribution in [3.8, 4) is 0 Å². The monoisotopic (exact) mass is 207 g/mol. The van der Waals surface area contributed by atoms with Crippen molar-refractivity contribution >= 4 is 5.69 Å². The van der Waals surface area contributed by atoms with Gasteiger partial charge in [-0.15, -0.1) is 0 Å². The summed E-state index contributed by atoms with van der Waals surface area (Å²) in [6, 6.07) is 4.03. The van der Waals surface area contributed by atoms with Crippen molar-refractivity contribution in [1.29, 1.82) is 0 Å². The van der Waals surface area contributed by atoms with E-state index in [1.165, 1.54) is 0 Å². The van der Waals surface area contributed by atoms with Gasteiger partial charge in [0.05, 0.1) is 11.9 Å². The molecule has 1 aromatic heterocycles. The molecule has 0 aromatic carbocycles. The molecule has 0 aliphatic carbocycles. The van der Waals surface area contributed by atoms with Crippen molar-refractivity contribution in [1.82, 2.24) is 4.98 Å². The summed E-state index contributed by atoms with van der Waals surface area (Å²) in [6.45, 7) is 6.16. The smallest absolute Gasteiger partial charge is 0.0550 e. The van der Waals surface area contributed by atoms with Crippen LogP contribution in [0.5, 0.6) is 0 Å². The van der Waals surface area contributed by atoms with Crippen LogP contribution in [-0.4, -0.2) is 25.1 Å². The fourth-order valence-electron chi connectivity index (χ4n) is 1.59. The topological polar surface area (TPSA) is 42.1 Å². The predicted molar refractivity (Wildman–Crippen MR) is 64.9 cm³/mol. The largest absolute Gasteiger partial charge is 0.373 e. The van der Waals surface area contributed by atoms with E-state index in [9.17, 15) is 0 Å². The van der Waals surface area contributed by atoms with Crippen LogP contribution in [0.25, 0.3) is 0 Å². The third-order valence-corrected chi connectivity index (χ3v) is 2.84. The minimum atomic E-state index is 0.537. The minimum absolute atomic E-state index is 0.537. The maximum absolute atomic E-state index is 5.76. The van der Waals surface area contributed by atoms with E-state index in [1.54, 1.807) is 6.20 Å². The van der Waals surface area contributed by atoms with Crippen LogP contribution in [0.3, 0.4) is 0 Å². The Kier molecular flexibility index (Phi) is 4.56. The highest BCUT2D eigenvalue weighted by Gasteiger charge is 2.14. The molecule has 0 radical (unpaired) electrons. The summed E-state index contributed by atoms with van der Waals surface area (Å²) in [6.07, 6.45) is 3.67. The van der Waals surface area contributed by atoms with Gasteiger partial charge in [-0.05, 0) is 30.5 Å². The summed E-state index contributed by atoms with van der Waals surface area (Å²) in [7, 11) is 2.09. The third-order valence-electron chi connectivity index (χ3n) is 2.84. The van der Waals surface area contributed by atoms with Crippen LogP contribution in [0.2, 0.25) is 0 Å². The molecule has 3 heteroatoms. The van der Waals surface area contributed by atoms with Gasteiger partial charge < -0.3 is 10.6 Å². The number of pyridine rings is 1.